The molecule has 2 heterocycles. The van der Waals surface area contributed by atoms with Gasteiger partial charge in [-0.05, 0) is 24.6 Å². The number of rotatable bonds is 3. The minimum absolute atomic E-state index is 0.0447. The molecule has 0 spiro atoms. The molecule has 3 N–H and O–H groups in total. The molecule has 0 aliphatic carbocycles. The molecule has 3 rings (SSSR count). The minimum Gasteiger partial charge on any atom is -0.352 e. The quantitative estimate of drug-likeness (QED) is 0.771. The third kappa shape index (κ3) is 2.58. The van der Waals surface area contributed by atoms with E-state index in [0.717, 1.165) is 36.0 Å². The van der Waals surface area contributed by atoms with Gasteiger partial charge in [0.25, 0.3) is 0 Å². The first kappa shape index (κ1) is 12.9. The molecule has 1 aromatic carbocycles. The molecule has 1 aliphatic heterocycles. The highest BCUT2D eigenvalue weighted by molar-refractivity contribution is 5.83. The van der Waals surface area contributed by atoms with E-state index in [1.165, 1.54) is 0 Å². The number of aromatic amines is 1. The van der Waals surface area contributed by atoms with Gasteiger partial charge >= 0.3 is 0 Å². The van der Waals surface area contributed by atoms with Crippen molar-refractivity contribution in [3.63, 3.8) is 0 Å². The average Bonchev–Trinajstić information content (AvgIpc) is 2.98. The molecule has 0 saturated carbocycles. The van der Waals surface area contributed by atoms with Crippen LogP contribution in [0.4, 0.5) is 0 Å². The fourth-order valence-electron chi connectivity index (χ4n) is 2.63. The van der Waals surface area contributed by atoms with Crippen molar-refractivity contribution in [1.82, 2.24) is 15.6 Å². The van der Waals surface area contributed by atoms with Crippen LogP contribution in [0.25, 0.3) is 10.9 Å². The maximum atomic E-state index is 12.0. The number of nitrogens with one attached hydrogen (secondary N) is 3. The van der Waals surface area contributed by atoms with E-state index in [4.69, 9.17) is 0 Å². The molecule has 20 heavy (non-hydrogen) atoms. The average molecular weight is 271 g/mol. The van der Waals surface area contributed by atoms with Gasteiger partial charge < -0.3 is 15.6 Å². The smallest absolute Gasteiger partial charge is 0.248 e. The summed E-state index contributed by atoms with van der Waals surface area (Å²) in [6.07, 6.45) is 0.877. The van der Waals surface area contributed by atoms with Crippen molar-refractivity contribution in [2.45, 2.75) is 13.0 Å². The molecule has 1 atom stereocenters. The van der Waals surface area contributed by atoms with Crippen LogP contribution < -0.4 is 16.2 Å². The maximum absolute atomic E-state index is 12.0. The summed E-state index contributed by atoms with van der Waals surface area (Å²) < 4.78 is 0. The van der Waals surface area contributed by atoms with Gasteiger partial charge in [0.15, 0.2) is 0 Å². The molecular formula is C15H17N3O2. The zero-order valence-corrected chi connectivity index (χ0v) is 11.1. The predicted molar refractivity (Wildman–Crippen MR) is 77.4 cm³/mol. The molecule has 1 amide bonds. The lowest BCUT2D eigenvalue weighted by atomic mass is 10.1. The normalized spacial score (nSPS) is 18.3. The van der Waals surface area contributed by atoms with Crippen molar-refractivity contribution < 1.29 is 4.79 Å². The third-order valence-corrected chi connectivity index (χ3v) is 3.72. The van der Waals surface area contributed by atoms with Gasteiger partial charge in [0.1, 0.15) is 0 Å². The molecule has 104 valence electrons. The highest BCUT2D eigenvalue weighted by atomic mass is 16.2. The number of amides is 1. The van der Waals surface area contributed by atoms with Crippen LogP contribution in [-0.4, -0.2) is 24.0 Å². The molecule has 1 aromatic heterocycles. The molecule has 1 aliphatic rings. The number of hydrogen-bond acceptors (Lipinski definition) is 3. The van der Waals surface area contributed by atoms with E-state index < -0.39 is 0 Å². The first-order valence-corrected chi connectivity index (χ1v) is 6.83. The second kappa shape index (κ2) is 5.46. The maximum Gasteiger partial charge on any atom is 0.248 e. The lowest BCUT2D eigenvalue weighted by Gasteiger charge is -2.11. The van der Waals surface area contributed by atoms with Crippen LogP contribution in [-0.2, 0) is 11.3 Å². The van der Waals surface area contributed by atoms with E-state index in [1.54, 1.807) is 6.07 Å². The summed E-state index contributed by atoms with van der Waals surface area (Å²) in [5, 5.41) is 7.07. The largest absolute Gasteiger partial charge is 0.352 e. The van der Waals surface area contributed by atoms with Crippen LogP contribution in [0.15, 0.2) is 35.1 Å². The first-order valence-electron chi connectivity index (χ1n) is 6.83. The Morgan fingerprint density at radius 2 is 2.20 bits per heavy atom. The Kier molecular flexibility index (Phi) is 3.52. The Labute approximate surface area is 116 Å². The lowest BCUT2D eigenvalue weighted by molar-refractivity contribution is -0.124. The summed E-state index contributed by atoms with van der Waals surface area (Å²) in [5.41, 5.74) is 1.51. The van der Waals surface area contributed by atoms with E-state index in [1.807, 2.05) is 24.3 Å². The Hall–Kier alpha value is -2.14. The number of carbonyl (C=O) groups excluding carboxylic acids is 1. The molecule has 5 nitrogen and oxygen atoms in total. The Balaban J connectivity index is 1.80. The number of hydrogen-bond donors (Lipinski definition) is 3. The van der Waals surface area contributed by atoms with E-state index in [2.05, 4.69) is 15.6 Å². The van der Waals surface area contributed by atoms with E-state index in [0.29, 0.717) is 6.54 Å². The number of para-hydroxylation sites is 1. The van der Waals surface area contributed by atoms with Gasteiger partial charge in [-0.15, -0.1) is 0 Å². The third-order valence-electron chi connectivity index (χ3n) is 3.72. The van der Waals surface area contributed by atoms with Crippen molar-refractivity contribution in [3.8, 4) is 0 Å². The van der Waals surface area contributed by atoms with Crippen LogP contribution in [0, 0.1) is 5.92 Å². The standard InChI is InChI=1S/C15H17N3O2/c19-14-7-11(12-3-1-2-4-13(12)18-14)9-17-15(20)10-5-6-16-8-10/h1-4,7,10,16H,5-6,8-9H2,(H,17,20)(H,18,19). The first-order chi connectivity index (χ1) is 9.74. The van der Waals surface area contributed by atoms with Gasteiger partial charge in [0.05, 0.1) is 5.92 Å². The zero-order chi connectivity index (χ0) is 13.9. The predicted octanol–water partition coefficient (Wildman–Crippen LogP) is 0.754. The van der Waals surface area contributed by atoms with Crippen LogP contribution in [0.3, 0.4) is 0 Å². The van der Waals surface area contributed by atoms with Gasteiger partial charge in [0.2, 0.25) is 11.5 Å². The van der Waals surface area contributed by atoms with Crippen LogP contribution in [0.1, 0.15) is 12.0 Å². The molecular weight excluding hydrogens is 254 g/mol. The number of benzene rings is 1. The lowest BCUT2D eigenvalue weighted by Crippen LogP contribution is -2.31. The molecule has 2 aromatic rings. The highest BCUT2D eigenvalue weighted by Gasteiger charge is 2.21. The number of H-pyrrole nitrogens is 1. The van der Waals surface area contributed by atoms with Crippen LogP contribution in [0.2, 0.25) is 0 Å². The molecule has 5 heteroatoms. The monoisotopic (exact) mass is 271 g/mol. The minimum atomic E-state index is -0.143. The van der Waals surface area contributed by atoms with Gasteiger partial charge in [-0.25, -0.2) is 0 Å². The number of carbonyl (C=O) groups is 1. The summed E-state index contributed by atoms with van der Waals surface area (Å²) in [6, 6.07) is 9.17. The van der Waals surface area contributed by atoms with Crippen molar-refractivity contribution in [3.05, 3.63) is 46.2 Å². The summed E-state index contributed by atoms with van der Waals surface area (Å²) in [5.74, 6) is 0.0997. The number of aromatic nitrogens is 1. The van der Waals surface area contributed by atoms with Gasteiger partial charge in [-0.2, -0.15) is 0 Å². The van der Waals surface area contributed by atoms with E-state index in [9.17, 15) is 9.59 Å². The summed E-state index contributed by atoms with van der Waals surface area (Å²) in [4.78, 5) is 26.4. The zero-order valence-electron chi connectivity index (χ0n) is 11.1. The summed E-state index contributed by atoms with van der Waals surface area (Å²) >= 11 is 0. The summed E-state index contributed by atoms with van der Waals surface area (Å²) in [6.45, 7) is 2.02. The Bertz CT molecular complexity index is 687. The highest BCUT2D eigenvalue weighted by Crippen LogP contribution is 2.15. The fourth-order valence-corrected chi connectivity index (χ4v) is 2.63. The Morgan fingerprint density at radius 3 is 3.00 bits per heavy atom. The van der Waals surface area contributed by atoms with E-state index >= 15 is 0 Å². The molecule has 1 fully saturated rings. The van der Waals surface area contributed by atoms with Crippen molar-refractivity contribution in [2.24, 2.45) is 5.92 Å². The molecule has 1 unspecified atom stereocenters. The second-order valence-corrected chi connectivity index (χ2v) is 5.11. The molecule has 1 saturated heterocycles. The summed E-state index contributed by atoms with van der Waals surface area (Å²) in [7, 11) is 0. The van der Waals surface area contributed by atoms with Crippen LogP contribution in [0.5, 0.6) is 0 Å². The Morgan fingerprint density at radius 1 is 1.35 bits per heavy atom. The molecule has 0 bridgehead atoms. The van der Waals surface area contributed by atoms with Gasteiger partial charge in [0, 0.05) is 30.1 Å². The molecule has 0 radical (unpaired) electrons. The number of fused-ring (bicyclic) bond motifs is 1. The number of pyridine rings is 1. The van der Waals surface area contributed by atoms with Crippen molar-refractivity contribution in [1.29, 1.82) is 0 Å². The second-order valence-electron chi connectivity index (χ2n) is 5.11. The van der Waals surface area contributed by atoms with Crippen molar-refractivity contribution >= 4 is 16.8 Å². The van der Waals surface area contributed by atoms with Gasteiger partial charge in [-0.3, -0.25) is 9.59 Å². The van der Waals surface area contributed by atoms with E-state index in [-0.39, 0.29) is 17.4 Å². The van der Waals surface area contributed by atoms with Crippen molar-refractivity contribution in [2.75, 3.05) is 13.1 Å². The SMILES string of the molecule is O=C(NCc1cc(=O)[nH]c2ccccc12)C1CCNC1. The topological polar surface area (TPSA) is 74.0 Å². The van der Waals surface area contributed by atoms with Crippen LogP contribution >= 0.6 is 0 Å². The van der Waals surface area contributed by atoms with Gasteiger partial charge in [-0.1, -0.05) is 18.2 Å². The fraction of sp³-hybridized carbons (Fsp3) is 0.333.